The lowest BCUT2D eigenvalue weighted by atomic mass is 10.2. The van der Waals surface area contributed by atoms with Gasteiger partial charge in [-0.3, -0.25) is 4.79 Å². The first kappa shape index (κ1) is 17.0. The van der Waals surface area contributed by atoms with E-state index in [2.05, 4.69) is 21.2 Å². The molecular weight excluding hydrogens is 363 g/mol. The number of anilines is 1. The number of nitrogens with zero attached hydrogens (tertiary/aromatic N) is 1. The molecule has 2 aromatic rings. The Morgan fingerprint density at radius 2 is 2.13 bits per heavy atom. The Labute approximate surface area is 142 Å². The molecule has 1 amide bonds. The average molecular weight is 377 g/mol. The van der Waals surface area contributed by atoms with Gasteiger partial charge in [0.2, 0.25) is 0 Å². The number of benzene rings is 2. The Bertz CT molecular complexity index is 744. The van der Waals surface area contributed by atoms with Crippen LogP contribution < -0.4 is 10.1 Å². The first-order valence-corrected chi connectivity index (χ1v) is 7.75. The molecule has 0 spiro atoms. The second-order valence-electron chi connectivity index (χ2n) is 4.72. The van der Waals surface area contributed by atoms with Crippen molar-refractivity contribution in [1.29, 1.82) is 5.26 Å². The molecule has 0 bridgehead atoms. The molecule has 0 saturated heterocycles. The topological polar surface area (TPSA) is 62.1 Å². The van der Waals surface area contributed by atoms with Crippen LogP contribution in [0.25, 0.3) is 0 Å². The largest absolute Gasteiger partial charge is 0.493 e. The predicted molar refractivity (Wildman–Crippen MR) is 88.8 cm³/mol. The zero-order valence-corrected chi connectivity index (χ0v) is 13.8. The van der Waals surface area contributed by atoms with Gasteiger partial charge in [-0.2, -0.15) is 5.26 Å². The Morgan fingerprint density at radius 3 is 2.87 bits per heavy atom. The molecule has 0 aliphatic heterocycles. The van der Waals surface area contributed by atoms with E-state index in [0.717, 1.165) is 0 Å². The minimum absolute atomic E-state index is 0.0338. The van der Waals surface area contributed by atoms with Crippen molar-refractivity contribution in [2.75, 3.05) is 11.9 Å². The summed E-state index contributed by atoms with van der Waals surface area (Å²) in [5.74, 6) is -0.547. The van der Waals surface area contributed by atoms with Crippen LogP contribution in [0.2, 0.25) is 0 Å². The molecule has 4 nitrogen and oxygen atoms in total. The van der Waals surface area contributed by atoms with Gasteiger partial charge >= 0.3 is 0 Å². The third-order valence-electron chi connectivity index (χ3n) is 2.97. The first-order valence-electron chi connectivity index (χ1n) is 6.96. The molecule has 23 heavy (non-hydrogen) atoms. The zero-order chi connectivity index (χ0) is 16.7. The molecule has 0 unspecified atom stereocenters. The number of nitrogens with one attached hydrogen (secondary N) is 1. The number of unbranched alkanes of at least 4 members (excludes halogenated alkanes) is 1. The third-order valence-corrected chi connectivity index (χ3v) is 3.46. The molecular formula is C17H14BrFN2O2. The second-order valence-corrected chi connectivity index (χ2v) is 5.63. The summed E-state index contributed by atoms with van der Waals surface area (Å²) in [7, 11) is 0. The highest BCUT2D eigenvalue weighted by Gasteiger charge is 2.12. The van der Waals surface area contributed by atoms with Crippen molar-refractivity contribution in [3.05, 3.63) is 58.3 Å². The van der Waals surface area contributed by atoms with Crippen LogP contribution in [0, 0.1) is 17.1 Å². The Morgan fingerprint density at radius 1 is 1.30 bits per heavy atom. The van der Waals surface area contributed by atoms with Crippen LogP contribution in [-0.4, -0.2) is 12.5 Å². The van der Waals surface area contributed by atoms with Gasteiger partial charge in [0.1, 0.15) is 11.6 Å². The number of carbonyl (C=O) groups excluding carboxylic acids is 1. The molecule has 118 valence electrons. The van der Waals surface area contributed by atoms with Gasteiger partial charge in [-0.1, -0.05) is 22.0 Å². The quantitative estimate of drug-likeness (QED) is 0.753. The molecule has 2 rings (SSSR count). The summed E-state index contributed by atoms with van der Waals surface area (Å²) in [6.45, 7) is 0.423. The van der Waals surface area contributed by atoms with Crippen molar-refractivity contribution in [3.8, 4) is 11.8 Å². The standard InChI is InChI=1S/C17H14BrFN2O2/c18-12-6-7-15(16(19)10-12)17(22)21-13-4-3-5-14(11-13)23-9-2-1-8-20/h3-7,10-11H,1-2,9H2,(H,21,22). The van der Waals surface area contributed by atoms with Crippen molar-refractivity contribution >= 4 is 27.5 Å². The van der Waals surface area contributed by atoms with Crippen molar-refractivity contribution in [3.63, 3.8) is 0 Å². The molecule has 0 aliphatic rings. The normalized spacial score (nSPS) is 9.96. The van der Waals surface area contributed by atoms with Crippen LogP contribution in [0.1, 0.15) is 23.2 Å². The van der Waals surface area contributed by atoms with E-state index in [0.29, 0.717) is 35.4 Å². The maximum Gasteiger partial charge on any atom is 0.258 e. The maximum atomic E-state index is 13.8. The average Bonchev–Trinajstić information content (AvgIpc) is 2.52. The molecule has 6 heteroatoms. The second kappa shape index (κ2) is 8.30. The van der Waals surface area contributed by atoms with Crippen molar-refractivity contribution < 1.29 is 13.9 Å². The van der Waals surface area contributed by atoms with E-state index in [4.69, 9.17) is 10.00 Å². The number of hydrogen-bond acceptors (Lipinski definition) is 3. The van der Waals surface area contributed by atoms with E-state index in [1.54, 1.807) is 30.3 Å². The summed E-state index contributed by atoms with van der Waals surface area (Å²) >= 11 is 3.15. The van der Waals surface area contributed by atoms with Gasteiger partial charge in [-0.25, -0.2) is 4.39 Å². The monoisotopic (exact) mass is 376 g/mol. The Hall–Kier alpha value is -2.39. The number of carbonyl (C=O) groups is 1. The number of ether oxygens (including phenoxy) is 1. The highest BCUT2D eigenvalue weighted by molar-refractivity contribution is 9.10. The number of rotatable bonds is 6. The summed E-state index contributed by atoms with van der Waals surface area (Å²) in [5, 5.41) is 11.1. The lowest BCUT2D eigenvalue weighted by Gasteiger charge is -2.09. The summed E-state index contributed by atoms with van der Waals surface area (Å²) in [4.78, 5) is 12.1. The number of nitriles is 1. The van der Waals surface area contributed by atoms with Gasteiger partial charge in [0, 0.05) is 22.6 Å². The lowest BCUT2D eigenvalue weighted by molar-refractivity contribution is 0.102. The Kier molecular flexibility index (Phi) is 6.12. The van der Waals surface area contributed by atoms with Crippen LogP contribution in [0.15, 0.2) is 46.9 Å². The third kappa shape index (κ3) is 5.08. The van der Waals surface area contributed by atoms with Crippen molar-refractivity contribution in [2.24, 2.45) is 0 Å². The van der Waals surface area contributed by atoms with Crippen molar-refractivity contribution in [1.82, 2.24) is 0 Å². The number of halogens is 2. The van der Waals surface area contributed by atoms with Crippen LogP contribution in [0.4, 0.5) is 10.1 Å². The number of hydrogen-bond donors (Lipinski definition) is 1. The summed E-state index contributed by atoms with van der Waals surface area (Å²) in [5.41, 5.74) is 0.476. The van der Waals surface area contributed by atoms with Gasteiger partial charge in [0.05, 0.1) is 18.2 Å². The fourth-order valence-corrected chi connectivity index (χ4v) is 2.21. The number of amides is 1. The van der Waals surface area contributed by atoms with Gasteiger partial charge in [0.15, 0.2) is 0 Å². The van der Waals surface area contributed by atoms with E-state index in [9.17, 15) is 9.18 Å². The van der Waals surface area contributed by atoms with Crippen LogP contribution in [-0.2, 0) is 0 Å². The van der Waals surface area contributed by atoms with E-state index in [1.165, 1.54) is 12.1 Å². The van der Waals surface area contributed by atoms with Gasteiger partial charge in [-0.15, -0.1) is 0 Å². The lowest BCUT2D eigenvalue weighted by Crippen LogP contribution is -2.13. The van der Waals surface area contributed by atoms with Crippen LogP contribution in [0.3, 0.4) is 0 Å². The molecule has 2 aromatic carbocycles. The molecule has 0 heterocycles. The van der Waals surface area contributed by atoms with E-state index in [-0.39, 0.29) is 5.56 Å². The SMILES string of the molecule is N#CCCCOc1cccc(NC(=O)c2ccc(Br)cc2F)c1. The molecule has 0 saturated carbocycles. The summed E-state index contributed by atoms with van der Waals surface area (Å²) < 4.78 is 19.8. The first-order chi connectivity index (χ1) is 11.1. The fourth-order valence-electron chi connectivity index (χ4n) is 1.88. The minimum atomic E-state index is -0.596. The van der Waals surface area contributed by atoms with E-state index >= 15 is 0 Å². The molecule has 0 atom stereocenters. The smallest absolute Gasteiger partial charge is 0.258 e. The highest BCUT2D eigenvalue weighted by atomic mass is 79.9. The molecule has 0 aliphatic carbocycles. The van der Waals surface area contributed by atoms with Crippen LogP contribution >= 0.6 is 15.9 Å². The molecule has 0 fully saturated rings. The minimum Gasteiger partial charge on any atom is -0.493 e. The zero-order valence-electron chi connectivity index (χ0n) is 12.2. The maximum absolute atomic E-state index is 13.8. The summed E-state index contributed by atoms with van der Waals surface area (Å²) in [6.07, 6.45) is 1.07. The summed E-state index contributed by atoms with van der Waals surface area (Å²) in [6, 6.07) is 13.1. The van der Waals surface area contributed by atoms with Gasteiger partial charge < -0.3 is 10.1 Å². The highest BCUT2D eigenvalue weighted by Crippen LogP contribution is 2.20. The van der Waals surface area contributed by atoms with Gasteiger partial charge in [0.25, 0.3) is 5.91 Å². The van der Waals surface area contributed by atoms with E-state index in [1.807, 2.05) is 6.07 Å². The molecule has 0 radical (unpaired) electrons. The Balaban J connectivity index is 2.02. The van der Waals surface area contributed by atoms with Crippen molar-refractivity contribution in [2.45, 2.75) is 12.8 Å². The van der Waals surface area contributed by atoms with Gasteiger partial charge in [-0.05, 0) is 36.8 Å². The predicted octanol–water partition coefficient (Wildman–Crippen LogP) is 4.52. The van der Waals surface area contributed by atoms with E-state index < -0.39 is 11.7 Å². The fraction of sp³-hybridized carbons (Fsp3) is 0.176. The molecule has 1 N–H and O–H groups in total. The molecule has 0 aromatic heterocycles. The van der Waals surface area contributed by atoms with Crippen LogP contribution in [0.5, 0.6) is 5.75 Å².